The Hall–Kier alpha value is -2.10. The Kier molecular flexibility index (Phi) is 10.1. The molecule has 0 aromatic carbocycles. The van der Waals surface area contributed by atoms with E-state index in [1.165, 1.54) is 0 Å². The van der Waals surface area contributed by atoms with Gasteiger partial charge in [0.2, 0.25) is 0 Å². The number of allylic oxidation sites excluding steroid dienone is 10. The number of carbonyl (C=O) groups excluding carboxylic acids is 2. The third-order valence-electron chi connectivity index (χ3n) is 3.16. The van der Waals surface area contributed by atoms with Gasteiger partial charge in [-0.15, -0.1) is 0 Å². The zero-order chi connectivity index (χ0) is 19.8. The molecule has 4 nitrogen and oxygen atoms in total. The van der Waals surface area contributed by atoms with E-state index in [0.717, 1.165) is 0 Å². The van der Waals surface area contributed by atoms with Crippen LogP contribution in [0.1, 0.15) is 41.5 Å². The van der Waals surface area contributed by atoms with E-state index in [1.807, 2.05) is 12.2 Å². The minimum absolute atomic E-state index is 0. The normalized spacial score (nSPS) is 18.9. The first-order chi connectivity index (χ1) is 12.0. The van der Waals surface area contributed by atoms with Crippen LogP contribution in [0, 0.1) is 0 Å². The molecule has 2 aliphatic rings. The third-order valence-corrected chi connectivity index (χ3v) is 3.16. The average molecular weight is 418 g/mol. The average Bonchev–Trinajstić information content (AvgIpc) is 2.52. The van der Waals surface area contributed by atoms with Crippen molar-refractivity contribution in [1.29, 1.82) is 0 Å². The van der Waals surface area contributed by atoms with Crippen LogP contribution < -0.4 is 10.6 Å². The van der Waals surface area contributed by atoms with E-state index in [4.69, 9.17) is 0 Å². The van der Waals surface area contributed by atoms with Gasteiger partial charge < -0.3 is 10.6 Å². The molecule has 151 valence electrons. The van der Waals surface area contributed by atoms with E-state index in [-0.39, 0.29) is 39.7 Å². The Morgan fingerprint density at radius 2 is 0.926 bits per heavy atom. The standard InChI is InChI=1S/2C11H15NO.Cu/c2*1-11(2,3)12-8-9-6-4-5-7-10(9)13;/h2*4-8,12H,1-3H3;. The molecule has 0 atom stereocenters. The summed E-state index contributed by atoms with van der Waals surface area (Å²) >= 11 is 0. The molecular formula is C22H30CuN2O2. The Balaban J connectivity index is 0.000000483. The van der Waals surface area contributed by atoms with Gasteiger partial charge in [0.1, 0.15) is 0 Å². The first-order valence-electron chi connectivity index (χ1n) is 8.72. The van der Waals surface area contributed by atoms with Crippen LogP contribution in [0.2, 0.25) is 0 Å². The van der Waals surface area contributed by atoms with E-state index in [2.05, 4.69) is 52.2 Å². The van der Waals surface area contributed by atoms with E-state index in [9.17, 15) is 9.59 Å². The quantitative estimate of drug-likeness (QED) is 0.528. The number of hydrogen-bond donors (Lipinski definition) is 2. The Morgan fingerprint density at radius 3 is 1.19 bits per heavy atom. The molecule has 0 heterocycles. The molecule has 0 bridgehead atoms. The molecule has 5 heteroatoms. The van der Waals surface area contributed by atoms with Gasteiger partial charge in [-0.1, -0.05) is 24.3 Å². The molecule has 0 spiro atoms. The first kappa shape index (κ1) is 24.9. The van der Waals surface area contributed by atoms with Gasteiger partial charge in [0.05, 0.1) is 0 Å². The fraction of sp³-hybridized carbons (Fsp3) is 0.364. The molecule has 27 heavy (non-hydrogen) atoms. The molecule has 0 aromatic heterocycles. The van der Waals surface area contributed by atoms with Gasteiger partial charge in [0, 0.05) is 51.7 Å². The van der Waals surface area contributed by atoms with Gasteiger partial charge in [-0.05, 0) is 65.8 Å². The summed E-state index contributed by atoms with van der Waals surface area (Å²) in [5, 5.41) is 6.31. The minimum Gasteiger partial charge on any atom is -0.386 e. The summed E-state index contributed by atoms with van der Waals surface area (Å²) in [5.74, 6) is 0.110. The second-order valence-electron chi connectivity index (χ2n) is 8.15. The smallest absolute Gasteiger partial charge is 0.187 e. The second-order valence-corrected chi connectivity index (χ2v) is 8.15. The Labute approximate surface area is 173 Å². The molecule has 0 aliphatic heterocycles. The van der Waals surface area contributed by atoms with Gasteiger partial charge in [0.25, 0.3) is 0 Å². The molecule has 0 saturated carbocycles. The van der Waals surface area contributed by atoms with Crippen molar-refractivity contribution in [3.8, 4) is 0 Å². The molecule has 0 fully saturated rings. The van der Waals surface area contributed by atoms with Crippen LogP contribution in [0.3, 0.4) is 0 Å². The molecular weight excluding hydrogens is 388 g/mol. The van der Waals surface area contributed by atoms with Crippen molar-refractivity contribution in [2.45, 2.75) is 52.6 Å². The molecule has 0 aromatic rings. The van der Waals surface area contributed by atoms with Crippen LogP contribution in [-0.2, 0) is 26.7 Å². The summed E-state index contributed by atoms with van der Waals surface area (Å²) in [6.45, 7) is 12.3. The van der Waals surface area contributed by atoms with Crippen molar-refractivity contribution in [3.63, 3.8) is 0 Å². The monoisotopic (exact) mass is 417 g/mol. The van der Waals surface area contributed by atoms with Crippen LogP contribution in [0.4, 0.5) is 0 Å². The Bertz CT molecular complexity index is 648. The van der Waals surface area contributed by atoms with E-state index in [0.29, 0.717) is 11.1 Å². The van der Waals surface area contributed by atoms with Crippen LogP contribution in [0.25, 0.3) is 0 Å². The number of rotatable bonds is 2. The van der Waals surface area contributed by atoms with Crippen molar-refractivity contribution in [3.05, 3.63) is 72.2 Å². The maximum Gasteiger partial charge on any atom is 0.187 e. The largest absolute Gasteiger partial charge is 0.386 e. The molecule has 1 radical (unpaired) electrons. The summed E-state index contributed by atoms with van der Waals surface area (Å²) < 4.78 is 0. The summed E-state index contributed by atoms with van der Waals surface area (Å²) in [7, 11) is 0. The molecule has 0 unspecified atom stereocenters. The van der Waals surface area contributed by atoms with Gasteiger partial charge in [0.15, 0.2) is 11.6 Å². The van der Waals surface area contributed by atoms with Crippen LogP contribution in [-0.4, -0.2) is 22.6 Å². The SMILES string of the molecule is CC(C)(C)NC=C1C=CC=CC1=O.CC(C)(C)NC=C1C=CC=CC1=O.[Cu]. The number of hydrogen-bond acceptors (Lipinski definition) is 4. The Morgan fingerprint density at radius 1 is 0.630 bits per heavy atom. The predicted molar refractivity (Wildman–Crippen MR) is 109 cm³/mol. The zero-order valence-electron chi connectivity index (χ0n) is 16.9. The molecule has 0 amide bonds. The minimum atomic E-state index is 0. The number of carbonyl (C=O) groups is 2. The van der Waals surface area contributed by atoms with Crippen LogP contribution in [0.15, 0.2) is 72.2 Å². The fourth-order valence-electron chi connectivity index (χ4n) is 1.79. The fourth-order valence-corrected chi connectivity index (χ4v) is 1.79. The maximum absolute atomic E-state index is 11.3. The molecule has 0 saturated heterocycles. The molecule has 2 aliphatic carbocycles. The van der Waals surface area contributed by atoms with Gasteiger partial charge in [-0.2, -0.15) is 0 Å². The van der Waals surface area contributed by atoms with Crippen LogP contribution >= 0.6 is 0 Å². The van der Waals surface area contributed by atoms with Gasteiger partial charge in [-0.25, -0.2) is 0 Å². The van der Waals surface area contributed by atoms with Crippen molar-refractivity contribution in [2.75, 3.05) is 0 Å². The van der Waals surface area contributed by atoms with Crippen molar-refractivity contribution >= 4 is 11.6 Å². The van der Waals surface area contributed by atoms with Crippen molar-refractivity contribution in [2.24, 2.45) is 0 Å². The summed E-state index contributed by atoms with van der Waals surface area (Å²) in [5.41, 5.74) is 1.42. The topological polar surface area (TPSA) is 58.2 Å². The van der Waals surface area contributed by atoms with Gasteiger partial charge in [-0.3, -0.25) is 9.59 Å². The molecule has 2 rings (SSSR count). The van der Waals surface area contributed by atoms with Gasteiger partial charge >= 0.3 is 0 Å². The van der Waals surface area contributed by atoms with Crippen molar-refractivity contribution < 1.29 is 26.7 Å². The molecule has 2 N–H and O–H groups in total. The zero-order valence-corrected chi connectivity index (χ0v) is 17.8. The summed E-state index contributed by atoms with van der Waals surface area (Å²) in [6.07, 6.45) is 17.5. The first-order valence-corrected chi connectivity index (χ1v) is 8.72. The maximum atomic E-state index is 11.3. The third kappa shape index (κ3) is 11.3. The van der Waals surface area contributed by atoms with E-state index >= 15 is 0 Å². The van der Waals surface area contributed by atoms with E-state index < -0.39 is 0 Å². The predicted octanol–water partition coefficient (Wildman–Crippen LogP) is 3.90. The van der Waals surface area contributed by atoms with Crippen molar-refractivity contribution in [1.82, 2.24) is 10.6 Å². The van der Waals surface area contributed by atoms with Crippen LogP contribution in [0.5, 0.6) is 0 Å². The van der Waals surface area contributed by atoms with E-state index in [1.54, 1.807) is 48.9 Å². The number of ketones is 2. The second kappa shape index (κ2) is 10.9. The summed E-state index contributed by atoms with van der Waals surface area (Å²) in [6, 6.07) is 0. The number of nitrogens with one attached hydrogen (secondary N) is 2. The summed E-state index contributed by atoms with van der Waals surface area (Å²) in [4.78, 5) is 22.5.